The van der Waals surface area contributed by atoms with E-state index in [1.54, 1.807) is 11.0 Å². The number of anilines is 1. The summed E-state index contributed by atoms with van der Waals surface area (Å²) in [7, 11) is -0.858. The topological polar surface area (TPSA) is 69.7 Å². The van der Waals surface area contributed by atoms with Crippen molar-refractivity contribution in [3.05, 3.63) is 59.1 Å². The lowest BCUT2D eigenvalue weighted by atomic mass is 10.2. The van der Waals surface area contributed by atoms with Crippen molar-refractivity contribution in [2.24, 2.45) is 0 Å². The number of carbonyl (C=O) groups excluding carboxylic acids is 1. The van der Waals surface area contributed by atoms with Crippen molar-refractivity contribution in [1.29, 1.82) is 0 Å². The summed E-state index contributed by atoms with van der Waals surface area (Å²) in [5.74, 6) is -0.195. The second kappa shape index (κ2) is 7.88. The van der Waals surface area contributed by atoms with Crippen LogP contribution in [0.4, 0.5) is 5.69 Å². The van der Waals surface area contributed by atoms with Gasteiger partial charge in [0, 0.05) is 44.5 Å². The molecule has 1 amide bonds. The summed E-state index contributed by atoms with van der Waals surface area (Å²) in [6, 6.07) is 14.4. The summed E-state index contributed by atoms with van der Waals surface area (Å²) in [6.07, 6.45) is 0.830. The largest absolute Gasteiger partial charge is 0.380 e. The first-order chi connectivity index (χ1) is 12.8. The van der Waals surface area contributed by atoms with Crippen LogP contribution in [0.2, 0.25) is 5.02 Å². The molecule has 0 aromatic heterocycles. The Labute approximate surface area is 164 Å². The van der Waals surface area contributed by atoms with Crippen LogP contribution in [0.5, 0.6) is 0 Å². The molecule has 1 fully saturated rings. The van der Waals surface area contributed by atoms with Gasteiger partial charge in [-0.15, -0.1) is 0 Å². The fourth-order valence-electron chi connectivity index (χ4n) is 3.05. The van der Waals surface area contributed by atoms with E-state index in [2.05, 4.69) is 5.32 Å². The fraction of sp³-hybridized carbons (Fsp3) is 0.316. The molecule has 6 nitrogen and oxygen atoms in total. The number of rotatable bonds is 5. The van der Waals surface area contributed by atoms with Gasteiger partial charge in [0.25, 0.3) is 5.91 Å². The summed E-state index contributed by atoms with van der Waals surface area (Å²) < 4.78 is 25.9. The molecule has 0 saturated carbocycles. The van der Waals surface area contributed by atoms with Gasteiger partial charge >= 0.3 is 0 Å². The van der Waals surface area contributed by atoms with Crippen LogP contribution in [-0.2, 0) is 10.0 Å². The highest BCUT2D eigenvalue weighted by atomic mass is 35.5. The van der Waals surface area contributed by atoms with E-state index in [4.69, 9.17) is 11.6 Å². The molecule has 0 spiro atoms. The van der Waals surface area contributed by atoms with Gasteiger partial charge in [0.05, 0.1) is 5.02 Å². The zero-order valence-electron chi connectivity index (χ0n) is 15.2. The smallest absolute Gasteiger partial charge is 0.253 e. The lowest BCUT2D eigenvalue weighted by Gasteiger charge is -2.19. The third-order valence-corrected chi connectivity index (χ3v) is 6.85. The van der Waals surface area contributed by atoms with Gasteiger partial charge in [0.15, 0.2) is 0 Å². The average molecular weight is 408 g/mol. The Morgan fingerprint density at radius 3 is 2.56 bits per heavy atom. The molecule has 1 aliphatic rings. The number of sulfonamides is 1. The summed E-state index contributed by atoms with van der Waals surface area (Å²) in [5, 5.41) is 3.52. The second-order valence-corrected chi connectivity index (χ2v) is 9.21. The summed E-state index contributed by atoms with van der Waals surface area (Å²) >= 11 is 6.06. The molecule has 27 heavy (non-hydrogen) atoms. The minimum absolute atomic E-state index is 0.0572. The van der Waals surface area contributed by atoms with E-state index in [9.17, 15) is 13.2 Å². The number of amides is 1. The van der Waals surface area contributed by atoms with Crippen LogP contribution in [0.1, 0.15) is 16.8 Å². The molecule has 2 aromatic rings. The molecule has 8 heteroatoms. The molecular weight excluding hydrogens is 386 g/mol. The monoisotopic (exact) mass is 407 g/mol. The first-order valence-electron chi connectivity index (χ1n) is 8.62. The number of halogens is 1. The van der Waals surface area contributed by atoms with Crippen molar-refractivity contribution in [2.75, 3.05) is 32.5 Å². The van der Waals surface area contributed by atoms with Crippen molar-refractivity contribution in [3.8, 4) is 0 Å². The van der Waals surface area contributed by atoms with E-state index in [0.29, 0.717) is 18.7 Å². The SMILES string of the molecule is CN(C)S(=O)(=O)c1cc(C(=O)N2CCC(Nc3ccccc3)C2)ccc1Cl. The van der Waals surface area contributed by atoms with Gasteiger partial charge in [-0.25, -0.2) is 12.7 Å². The Balaban J connectivity index is 1.75. The molecule has 1 unspecified atom stereocenters. The van der Waals surface area contributed by atoms with Gasteiger partial charge in [0.2, 0.25) is 10.0 Å². The van der Waals surface area contributed by atoms with E-state index in [-0.39, 0.29) is 21.9 Å². The van der Waals surface area contributed by atoms with Gasteiger partial charge in [-0.2, -0.15) is 0 Å². The van der Waals surface area contributed by atoms with E-state index >= 15 is 0 Å². The van der Waals surface area contributed by atoms with Crippen LogP contribution >= 0.6 is 11.6 Å². The predicted octanol–water partition coefficient (Wildman–Crippen LogP) is 2.92. The third kappa shape index (κ3) is 4.26. The van der Waals surface area contributed by atoms with E-state index < -0.39 is 10.0 Å². The Bertz CT molecular complexity index is 932. The van der Waals surface area contributed by atoms with Crippen LogP contribution in [0, 0.1) is 0 Å². The zero-order valence-corrected chi connectivity index (χ0v) is 16.8. The van der Waals surface area contributed by atoms with Crippen LogP contribution in [0.25, 0.3) is 0 Å². The highest BCUT2D eigenvalue weighted by Gasteiger charge is 2.28. The number of nitrogens with one attached hydrogen (secondary N) is 1. The zero-order chi connectivity index (χ0) is 19.6. The van der Waals surface area contributed by atoms with Crippen molar-refractivity contribution < 1.29 is 13.2 Å². The Morgan fingerprint density at radius 2 is 1.89 bits per heavy atom. The predicted molar refractivity (Wildman–Crippen MR) is 107 cm³/mol. The van der Waals surface area contributed by atoms with Crippen molar-refractivity contribution >= 4 is 33.2 Å². The van der Waals surface area contributed by atoms with E-state index in [1.165, 1.54) is 26.2 Å². The fourth-order valence-corrected chi connectivity index (χ4v) is 4.44. The average Bonchev–Trinajstić information content (AvgIpc) is 3.10. The molecule has 3 rings (SSSR count). The maximum absolute atomic E-state index is 12.9. The van der Waals surface area contributed by atoms with Gasteiger partial charge in [0.1, 0.15) is 4.90 Å². The van der Waals surface area contributed by atoms with E-state index in [0.717, 1.165) is 16.4 Å². The first-order valence-corrected chi connectivity index (χ1v) is 10.4. The van der Waals surface area contributed by atoms with Crippen LogP contribution in [0.3, 0.4) is 0 Å². The molecular formula is C19H22ClN3O3S. The summed E-state index contributed by atoms with van der Waals surface area (Å²) in [4.78, 5) is 14.5. The number of carbonyl (C=O) groups is 1. The molecule has 2 aromatic carbocycles. The van der Waals surface area contributed by atoms with Crippen LogP contribution in [-0.4, -0.2) is 56.8 Å². The van der Waals surface area contributed by atoms with Gasteiger partial charge in [-0.3, -0.25) is 4.79 Å². The number of likely N-dealkylation sites (tertiary alicyclic amines) is 1. The molecule has 144 valence electrons. The van der Waals surface area contributed by atoms with Crippen molar-refractivity contribution in [3.63, 3.8) is 0 Å². The Hall–Kier alpha value is -2.09. The van der Waals surface area contributed by atoms with Crippen LogP contribution < -0.4 is 5.32 Å². The number of hydrogen-bond donors (Lipinski definition) is 1. The third-order valence-electron chi connectivity index (χ3n) is 4.56. The highest BCUT2D eigenvalue weighted by molar-refractivity contribution is 7.89. The molecule has 0 aliphatic carbocycles. The van der Waals surface area contributed by atoms with E-state index in [1.807, 2.05) is 30.3 Å². The quantitative estimate of drug-likeness (QED) is 0.827. The van der Waals surface area contributed by atoms with Crippen molar-refractivity contribution in [1.82, 2.24) is 9.21 Å². The molecule has 1 heterocycles. The maximum atomic E-state index is 12.9. The standard InChI is InChI=1S/C19H22ClN3O3S/c1-22(2)27(25,26)18-12-14(8-9-17(18)20)19(24)23-11-10-16(13-23)21-15-6-4-3-5-7-15/h3-9,12,16,21H,10-11,13H2,1-2H3. The summed E-state index contributed by atoms with van der Waals surface area (Å²) in [6.45, 7) is 1.17. The number of nitrogens with zero attached hydrogens (tertiary/aromatic N) is 2. The normalized spacial score (nSPS) is 17.3. The molecule has 1 aliphatic heterocycles. The molecule has 1 atom stereocenters. The van der Waals surface area contributed by atoms with Gasteiger partial charge < -0.3 is 10.2 Å². The van der Waals surface area contributed by atoms with Crippen molar-refractivity contribution in [2.45, 2.75) is 17.4 Å². The first kappa shape index (κ1) is 19.7. The Kier molecular flexibility index (Phi) is 5.74. The lowest BCUT2D eigenvalue weighted by molar-refractivity contribution is 0.0791. The second-order valence-electron chi connectivity index (χ2n) is 6.68. The van der Waals surface area contributed by atoms with Gasteiger partial charge in [-0.05, 0) is 36.8 Å². The summed E-state index contributed by atoms with van der Waals surface area (Å²) in [5.41, 5.74) is 1.34. The van der Waals surface area contributed by atoms with Gasteiger partial charge in [-0.1, -0.05) is 29.8 Å². The maximum Gasteiger partial charge on any atom is 0.253 e. The molecule has 1 N–H and O–H groups in total. The lowest BCUT2D eigenvalue weighted by Crippen LogP contribution is -2.32. The molecule has 1 saturated heterocycles. The number of para-hydroxylation sites is 1. The number of benzene rings is 2. The number of hydrogen-bond acceptors (Lipinski definition) is 4. The minimum atomic E-state index is -3.72. The Morgan fingerprint density at radius 1 is 1.19 bits per heavy atom. The molecule has 0 radical (unpaired) electrons. The molecule has 0 bridgehead atoms. The minimum Gasteiger partial charge on any atom is -0.380 e. The van der Waals surface area contributed by atoms with Crippen LogP contribution in [0.15, 0.2) is 53.4 Å². The highest BCUT2D eigenvalue weighted by Crippen LogP contribution is 2.26.